The topological polar surface area (TPSA) is 41.6 Å². The Labute approximate surface area is 88.8 Å². The minimum Gasteiger partial charge on any atom is -0.378 e. The lowest BCUT2D eigenvalue weighted by molar-refractivity contribution is 0.122. The van der Waals surface area contributed by atoms with Crippen LogP contribution in [0.2, 0.25) is 0 Å². The summed E-state index contributed by atoms with van der Waals surface area (Å²) >= 11 is 0. The number of carbonyl (C=O) groups excluding carboxylic acids is 1. The summed E-state index contributed by atoms with van der Waals surface area (Å²) in [6.45, 7) is 3.32. The summed E-state index contributed by atoms with van der Waals surface area (Å²) in [5, 5.41) is 2.52. The predicted octanol–water partition coefficient (Wildman–Crippen LogP) is 1.00. The van der Waals surface area contributed by atoms with E-state index in [-0.39, 0.29) is 0 Å². The molecule has 0 unspecified atom stereocenters. The molecule has 79 valence electrons. The molecule has 1 aromatic carbocycles. The highest BCUT2D eigenvalue weighted by atomic mass is 16.5. The van der Waals surface area contributed by atoms with Crippen LogP contribution in [0.5, 0.6) is 0 Å². The van der Waals surface area contributed by atoms with Crippen LogP contribution < -0.4 is 10.2 Å². The number of amides is 1. The molecule has 1 aliphatic rings. The molecule has 0 saturated carbocycles. The van der Waals surface area contributed by atoms with Gasteiger partial charge in [0.05, 0.1) is 13.2 Å². The average molecular weight is 205 g/mol. The lowest BCUT2D eigenvalue weighted by atomic mass is 10.2. The van der Waals surface area contributed by atoms with Gasteiger partial charge in [-0.05, 0) is 18.2 Å². The largest absolute Gasteiger partial charge is 0.378 e. The lowest BCUT2D eigenvalue weighted by Crippen LogP contribution is -2.36. The van der Waals surface area contributed by atoms with Crippen molar-refractivity contribution in [2.24, 2.45) is 0 Å². The molecule has 0 bridgehead atoms. The van der Waals surface area contributed by atoms with Crippen LogP contribution in [0.25, 0.3) is 0 Å². The van der Waals surface area contributed by atoms with Crippen molar-refractivity contribution in [3.8, 4) is 0 Å². The van der Waals surface area contributed by atoms with Crippen LogP contribution in [0.15, 0.2) is 24.3 Å². The van der Waals surface area contributed by atoms with Gasteiger partial charge in [-0.1, -0.05) is 6.07 Å². The van der Waals surface area contributed by atoms with Crippen molar-refractivity contribution in [2.75, 3.05) is 36.5 Å². The Morgan fingerprint density at radius 3 is 2.87 bits per heavy atom. The molecule has 1 radical (unpaired) electrons. The molecular formula is C11H13N2O2. The molecule has 1 heterocycles. The van der Waals surface area contributed by atoms with E-state index < -0.39 is 0 Å². The van der Waals surface area contributed by atoms with Gasteiger partial charge in [-0.2, -0.15) is 0 Å². The van der Waals surface area contributed by atoms with Gasteiger partial charge in [0.2, 0.25) is 0 Å². The minimum atomic E-state index is 0.761. The third-order valence-electron chi connectivity index (χ3n) is 2.42. The summed E-state index contributed by atoms with van der Waals surface area (Å²) in [4.78, 5) is 12.4. The van der Waals surface area contributed by atoms with Gasteiger partial charge in [-0.15, -0.1) is 0 Å². The van der Waals surface area contributed by atoms with Crippen LogP contribution in [0, 0.1) is 0 Å². The van der Waals surface area contributed by atoms with E-state index in [0.29, 0.717) is 0 Å². The molecule has 4 heteroatoms. The van der Waals surface area contributed by atoms with E-state index in [0.717, 1.165) is 37.7 Å². The van der Waals surface area contributed by atoms with Crippen LogP contribution in [0.1, 0.15) is 0 Å². The molecule has 0 atom stereocenters. The number of benzene rings is 1. The van der Waals surface area contributed by atoms with Crippen molar-refractivity contribution in [3.63, 3.8) is 0 Å². The van der Waals surface area contributed by atoms with Gasteiger partial charge in [0, 0.05) is 24.5 Å². The molecule has 0 spiro atoms. The number of hydrogen-bond donors (Lipinski definition) is 1. The average Bonchev–Trinajstić information content (AvgIpc) is 2.31. The number of nitrogens with zero attached hydrogens (tertiary/aromatic N) is 1. The summed E-state index contributed by atoms with van der Waals surface area (Å²) in [6.07, 6.45) is 1.67. The predicted molar refractivity (Wildman–Crippen MR) is 58.8 cm³/mol. The Morgan fingerprint density at radius 2 is 2.13 bits per heavy atom. The fourth-order valence-electron chi connectivity index (χ4n) is 1.66. The molecule has 1 aliphatic heterocycles. The number of anilines is 2. The van der Waals surface area contributed by atoms with E-state index in [1.165, 1.54) is 0 Å². The van der Waals surface area contributed by atoms with Gasteiger partial charge < -0.3 is 15.0 Å². The first-order valence-corrected chi connectivity index (χ1v) is 4.96. The first-order chi connectivity index (χ1) is 7.40. The Morgan fingerprint density at radius 1 is 1.33 bits per heavy atom. The second-order valence-corrected chi connectivity index (χ2v) is 3.38. The number of nitrogens with one attached hydrogen (secondary N) is 1. The highest BCUT2D eigenvalue weighted by Crippen LogP contribution is 2.19. The molecule has 15 heavy (non-hydrogen) atoms. The summed E-state index contributed by atoms with van der Waals surface area (Å²) in [5.41, 5.74) is 1.88. The van der Waals surface area contributed by atoms with Gasteiger partial charge >= 0.3 is 6.41 Å². The SMILES string of the molecule is O=[C]Nc1cccc(N2CCOCC2)c1. The number of hydrogen-bond acceptors (Lipinski definition) is 3. The second-order valence-electron chi connectivity index (χ2n) is 3.38. The third kappa shape index (κ3) is 2.47. The van der Waals surface area contributed by atoms with Crippen molar-refractivity contribution in [2.45, 2.75) is 0 Å². The highest BCUT2D eigenvalue weighted by molar-refractivity contribution is 5.74. The molecule has 0 aliphatic carbocycles. The van der Waals surface area contributed by atoms with E-state index in [1.54, 1.807) is 6.41 Å². The molecule has 1 saturated heterocycles. The maximum atomic E-state index is 10.2. The third-order valence-corrected chi connectivity index (χ3v) is 2.42. The van der Waals surface area contributed by atoms with Gasteiger partial charge in [0.25, 0.3) is 0 Å². The van der Waals surface area contributed by atoms with Gasteiger partial charge in [0.1, 0.15) is 0 Å². The zero-order valence-electron chi connectivity index (χ0n) is 8.40. The molecule has 4 nitrogen and oxygen atoms in total. The summed E-state index contributed by atoms with van der Waals surface area (Å²) < 4.78 is 5.28. The zero-order valence-corrected chi connectivity index (χ0v) is 8.40. The van der Waals surface area contributed by atoms with Crippen molar-refractivity contribution >= 4 is 17.8 Å². The highest BCUT2D eigenvalue weighted by Gasteiger charge is 2.10. The second kappa shape index (κ2) is 4.79. The smallest absolute Gasteiger partial charge is 0.314 e. The molecule has 1 amide bonds. The fraction of sp³-hybridized carbons (Fsp3) is 0.364. The van der Waals surface area contributed by atoms with Crippen LogP contribution in [-0.4, -0.2) is 32.7 Å². The molecular weight excluding hydrogens is 192 g/mol. The van der Waals surface area contributed by atoms with E-state index >= 15 is 0 Å². The lowest BCUT2D eigenvalue weighted by Gasteiger charge is -2.29. The zero-order chi connectivity index (χ0) is 10.5. The quantitative estimate of drug-likeness (QED) is 0.748. The fourth-order valence-corrected chi connectivity index (χ4v) is 1.66. The Hall–Kier alpha value is -1.55. The van der Waals surface area contributed by atoms with Crippen LogP contribution in [-0.2, 0) is 9.53 Å². The van der Waals surface area contributed by atoms with Gasteiger partial charge in [-0.3, -0.25) is 4.79 Å². The Bertz CT molecular complexity index is 335. The van der Waals surface area contributed by atoms with Gasteiger partial charge in [-0.25, -0.2) is 0 Å². The first-order valence-electron chi connectivity index (χ1n) is 4.96. The summed E-state index contributed by atoms with van der Waals surface area (Å²) in [6, 6.07) is 7.73. The van der Waals surface area contributed by atoms with Crippen molar-refractivity contribution < 1.29 is 9.53 Å². The van der Waals surface area contributed by atoms with Crippen LogP contribution >= 0.6 is 0 Å². The Balaban J connectivity index is 2.12. The number of rotatable bonds is 3. The van der Waals surface area contributed by atoms with E-state index in [2.05, 4.69) is 10.2 Å². The van der Waals surface area contributed by atoms with E-state index in [4.69, 9.17) is 4.74 Å². The summed E-state index contributed by atoms with van der Waals surface area (Å²) in [5.74, 6) is 0. The van der Waals surface area contributed by atoms with Crippen LogP contribution in [0.4, 0.5) is 11.4 Å². The van der Waals surface area contributed by atoms with Crippen molar-refractivity contribution in [3.05, 3.63) is 24.3 Å². The van der Waals surface area contributed by atoms with Gasteiger partial charge in [0.15, 0.2) is 0 Å². The monoisotopic (exact) mass is 205 g/mol. The summed E-state index contributed by atoms with van der Waals surface area (Å²) in [7, 11) is 0. The van der Waals surface area contributed by atoms with Crippen molar-refractivity contribution in [1.29, 1.82) is 0 Å². The number of morpholine rings is 1. The van der Waals surface area contributed by atoms with Crippen molar-refractivity contribution in [1.82, 2.24) is 0 Å². The maximum Gasteiger partial charge on any atom is 0.314 e. The maximum absolute atomic E-state index is 10.2. The van der Waals surface area contributed by atoms with E-state index in [9.17, 15) is 4.79 Å². The molecule has 0 aromatic heterocycles. The standard InChI is InChI=1S/C11H13N2O2/c14-9-12-10-2-1-3-11(8-10)13-4-6-15-7-5-13/h1-3,8H,4-7H2,(H,12,14). The number of ether oxygens (including phenoxy) is 1. The molecule has 1 aromatic rings. The van der Waals surface area contributed by atoms with E-state index in [1.807, 2.05) is 24.3 Å². The minimum absolute atomic E-state index is 0.761. The molecule has 2 rings (SSSR count). The molecule has 1 N–H and O–H groups in total. The van der Waals surface area contributed by atoms with Crippen LogP contribution in [0.3, 0.4) is 0 Å². The normalized spacial score (nSPS) is 16.1. The molecule has 1 fully saturated rings. The Kier molecular flexibility index (Phi) is 3.19. The first kappa shape index (κ1) is 9.98.